The van der Waals surface area contributed by atoms with Gasteiger partial charge in [0, 0.05) is 12.6 Å². The molecule has 0 bridgehead atoms. The molecule has 39 heavy (non-hydrogen) atoms. The third kappa shape index (κ3) is 8.90. The number of Topliss-reactive ketones (excluding diaryl/α,β-unsaturated/α-hetero) is 1. The van der Waals surface area contributed by atoms with Gasteiger partial charge in [0.1, 0.15) is 23.2 Å². The average molecular weight is 523 g/mol. The fourth-order valence-electron chi connectivity index (χ4n) is 4.03. The number of carbonyl (C=O) groups excluding carboxylic acids is 2. The number of ether oxygens (including phenoxy) is 2. The molecule has 1 atom stereocenters. The van der Waals surface area contributed by atoms with E-state index in [1.165, 1.54) is 0 Å². The molecule has 6 nitrogen and oxygen atoms in total. The Kier molecular flexibility index (Phi) is 10.4. The van der Waals surface area contributed by atoms with Crippen molar-refractivity contribution in [3.05, 3.63) is 126 Å². The molecule has 0 saturated carbocycles. The Bertz CT molecular complexity index is 1310. The number of pyridine rings is 1. The molecule has 3 aromatic carbocycles. The molecule has 6 heteroatoms. The first-order valence-electron chi connectivity index (χ1n) is 13.3. The molecule has 0 aliphatic rings. The quantitative estimate of drug-likeness (QED) is 0.209. The second-order valence-corrected chi connectivity index (χ2v) is 9.38. The summed E-state index contributed by atoms with van der Waals surface area (Å²) in [5, 5.41) is 2.85. The molecule has 0 saturated heterocycles. The van der Waals surface area contributed by atoms with E-state index in [1.807, 2.05) is 91.0 Å². The number of nitrogens with zero attached hydrogens (tertiary/aromatic N) is 1. The van der Waals surface area contributed by atoms with Crippen molar-refractivity contribution in [2.45, 2.75) is 45.3 Å². The molecule has 0 aliphatic carbocycles. The lowest BCUT2D eigenvalue weighted by atomic mass is 10.0. The van der Waals surface area contributed by atoms with E-state index in [2.05, 4.69) is 17.2 Å². The number of unbranched alkanes of at least 4 members (excludes halogenated alkanes) is 1. The topological polar surface area (TPSA) is 77.5 Å². The Morgan fingerprint density at radius 3 is 2.13 bits per heavy atom. The number of aromatic nitrogens is 1. The van der Waals surface area contributed by atoms with Gasteiger partial charge in [-0.3, -0.25) is 14.6 Å². The van der Waals surface area contributed by atoms with Gasteiger partial charge in [-0.25, -0.2) is 0 Å². The van der Waals surface area contributed by atoms with Crippen molar-refractivity contribution >= 4 is 11.7 Å². The number of aryl methyl sites for hydroxylation is 1. The third-order valence-corrected chi connectivity index (χ3v) is 6.25. The normalized spacial score (nSPS) is 11.5. The number of ketones is 1. The van der Waals surface area contributed by atoms with Gasteiger partial charge < -0.3 is 14.8 Å². The summed E-state index contributed by atoms with van der Waals surface area (Å²) in [6.07, 6.45) is 4.97. The molecule has 0 spiro atoms. The Morgan fingerprint density at radius 1 is 0.795 bits per heavy atom. The minimum Gasteiger partial charge on any atom is -0.457 e. The largest absolute Gasteiger partial charge is 0.457 e. The Labute approximate surface area is 230 Å². The lowest BCUT2D eigenvalue weighted by molar-refractivity contribution is -0.121. The maximum absolute atomic E-state index is 13.3. The minimum atomic E-state index is -0.817. The van der Waals surface area contributed by atoms with Crippen LogP contribution < -0.4 is 10.1 Å². The number of hydrogen-bond acceptors (Lipinski definition) is 5. The van der Waals surface area contributed by atoms with Crippen molar-refractivity contribution in [3.8, 4) is 11.5 Å². The number of para-hydroxylation sites is 1. The highest BCUT2D eigenvalue weighted by atomic mass is 16.5. The van der Waals surface area contributed by atoms with Gasteiger partial charge in [0.05, 0.1) is 13.2 Å². The molecule has 0 radical (unpaired) electrons. The van der Waals surface area contributed by atoms with Gasteiger partial charge in [-0.05, 0) is 59.9 Å². The fourth-order valence-corrected chi connectivity index (χ4v) is 4.03. The van der Waals surface area contributed by atoms with Crippen molar-refractivity contribution in [3.63, 3.8) is 0 Å². The predicted octanol–water partition coefficient (Wildman–Crippen LogP) is 6.34. The summed E-state index contributed by atoms with van der Waals surface area (Å²) < 4.78 is 11.7. The zero-order chi connectivity index (χ0) is 27.3. The molecule has 0 fully saturated rings. The summed E-state index contributed by atoms with van der Waals surface area (Å²) in [6, 6.07) is 29.4. The van der Waals surface area contributed by atoms with Gasteiger partial charge in [-0.15, -0.1) is 0 Å². The third-order valence-electron chi connectivity index (χ3n) is 6.25. The highest BCUT2D eigenvalue weighted by Gasteiger charge is 2.23. The maximum atomic E-state index is 13.3. The van der Waals surface area contributed by atoms with Crippen LogP contribution in [-0.2, 0) is 29.0 Å². The molecule has 1 aromatic heterocycles. The molecule has 1 amide bonds. The van der Waals surface area contributed by atoms with E-state index in [1.54, 1.807) is 12.3 Å². The Hall–Kier alpha value is -4.29. The van der Waals surface area contributed by atoms with Gasteiger partial charge in [-0.2, -0.15) is 0 Å². The van der Waals surface area contributed by atoms with E-state index in [9.17, 15) is 9.59 Å². The molecule has 4 aromatic rings. The van der Waals surface area contributed by atoms with E-state index in [0.717, 1.165) is 41.7 Å². The lowest BCUT2D eigenvalue weighted by Gasteiger charge is -2.18. The SMILES string of the molecule is CCCCc1ccc(C(=O)NC(COCc2ccccc2)C(=O)Cc2ccc(Oc3ccccc3)cc2)nc1. The number of hydrogen-bond donors (Lipinski definition) is 1. The number of amides is 1. The van der Waals surface area contributed by atoms with Crippen molar-refractivity contribution in [2.24, 2.45) is 0 Å². The zero-order valence-corrected chi connectivity index (χ0v) is 22.2. The van der Waals surface area contributed by atoms with E-state index in [0.29, 0.717) is 12.4 Å². The molecule has 0 aliphatic heterocycles. The van der Waals surface area contributed by atoms with Gasteiger partial charge in [0.25, 0.3) is 5.91 Å². The molecular weight excluding hydrogens is 488 g/mol. The van der Waals surface area contributed by atoms with Crippen LogP contribution in [0.1, 0.15) is 46.9 Å². The number of benzene rings is 3. The number of nitrogens with one attached hydrogen (secondary N) is 1. The van der Waals surface area contributed by atoms with Crippen LogP contribution in [0.3, 0.4) is 0 Å². The van der Waals surface area contributed by atoms with Gasteiger partial charge in [0.15, 0.2) is 5.78 Å². The van der Waals surface area contributed by atoms with Crippen molar-refractivity contribution < 1.29 is 19.1 Å². The van der Waals surface area contributed by atoms with E-state index in [4.69, 9.17) is 9.47 Å². The first kappa shape index (κ1) is 27.7. The molecule has 1 unspecified atom stereocenters. The highest BCUT2D eigenvalue weighted by molar-refractivity contribution is 5.97. The summed E-state index contributed by atoms with van der Waals surface area (Å²) in [5.74, 6) is 0.881. The summed E-state index contributed by atoms with van der Waals surface area (Å²) >= 11 is 0. The molecule has 1 heterocycles. The predicted molar refractivity (Wildman–Crippen MR) is 152 cm³/mol. The minimum absolute atomic E-state index is 0.0588. The van der Waals surface area contributed by atoms with Gasteiger partial charge in [-0.1, -0.05) is 80.1 Å². The standard InChI is InChI=1S/C33H34N2O4/c1-2-3-10-26-17-20-30(34-22-26)33(37)35-31(24-38-23-27-11-6-4-7-12-27)32(36)21-25-15-18-29(19-16-25)39-28-13-8-5-9-14-28/h4-9,11-20,22,31H,2-3,10,21,23-24H2,1H3,(H,35,37). The van der Waals surface area contributed by atoms with Gasteiger partial charge in [0.2, 0.25) is 0 Å². The molecule has 4 rings (SSSR count). The highest BCUT2D eigenvalue weighted by Crippen LogP contribution is 2.21. The maximum Gasteiger partial charge on any atom is 0.270 e. The van der Waals surface area contributed by atoms with Crippen molar-refractivity contribution in [2.75, 3.05) is 6.61 Å². The van der Waals surface area contributed by atoms with Crippen LogP contribution in [-0.4, -0.2) is 29.3 Å². The summed E-state index contributed by atoms with van der Waals surface area (Å²) in [5.41, 5.74) is 3.18. The van der Waals surface area contributed by atoms with Crippen LogP contribution in [0.25, 0.3) is 0 Å². The average Bonchev–Trinajstić information content (AvgIpc) is 2.98. The monoisotopic (exact) mass is 522 g/mol. The fraction of sp³-hybridized carbons (Fsp3) is 0.242. The molecule has 1 N–H and O–H groups in total. The Morgan fingerprint density at radius 2 is 1.46 bits per heavy atom. The Balaban J connectivity index is 1.40. The first-order chi connectivity index (χ1) is 19.1. The number of carbonyl (C=O) groups is 2. The van der Waals surface area contributed by atoms with Crippen LogP contribution in [0.15, 0.2) is 103 Å². The lowest BCUT2D eigenvalue weighted by Crippen LogP contribution is -2.45. The van der Waals surface area contributed by atoms with E-state index in [-0.39, 0.29) is 24.5 Å². The summed E-state index contributed by atoms with van der Waals surface area (Å²) in [4.78, 5) is 30.6. The smallest absolute Gasteiger partial charge is 0.270 e. The van der Waals surface area contributed by atoms with Crippen molar-refractivity contribution in [1.29, 1.82) is 0 Å². The molecular formula is C33H34N2O4. The molecule has 200 valence electrons. The van der Waals surface area contributed by atoms with Crippen LogP contribution >= 0.6 is 0 Å². The van der Waals surface area contributed by atoms with E-state index < -0.39 is 11.9 Å². The second-order valence-electron chi connectivity index (χ2n) is 9.38. The first-order valence-corrected chi connectivity index (χ1v) is 13.3. The zero-order valence-electron chi connectivity index (χ0n) is 22.2. The van der Waals surface area contributed by atoms with Crippen LogP contribution in [0, 0.1) is 0 Å². The number of rotatable bonds is 14. The van der Waals surface area contributed by atoms with Crippen LogP contribution in [0.5, 0.6) is 11.5 Å². The van der Waals surface area contributed by atoms with Gasteiger partial charge >= 0.3 is 0 Å². The second kappa shape index (κ2) is 14.6. The van der Waals surface area contributed by atoms with Crippen LogP contribution in [0.2, 0.25) is 0 Å². The summed E-state index contributed by atoms with van der Waals surface area (Å²) in [6.45, 7) is 2.54. The van der Waals surface area contributed by atoms with E-state index >= 15 is 0 Å². The summed E-state index contributed by atoms with van der Waals surface area (Å²) in [7, 11) is 0. The van der Waals surface area contributed by atoms with Crippen molar-refractivity contribution in [1.82, 2.24) is 10.3 Å². The van der Waals surface area contributed by atoms with Crippen LogP contribution in [0.4, 0.5) is 0 Å².